The van der Waals surface area contributed by atoms with Gasteiger partial charge in [-0.3, -0.25) is 0 Å². The van der Waals surface area contributed by atoms with Crippen LogP contribution in [0.15, 0.2) is 219 Å². The summed E-state index contributed by atoms with van der Waals surface area (Å²) < 4.78 is 7.17. The number of hydrogen-bond acceptors (Lipinski definition) is 1. The zero-order chi connectivity index (χ0) is 43.7. The molecule has 0 aliphatic rings. The molecule has 0 aliphatic heterocycles. The maximum atomic E-state index is 9.61. The molecule has 0 N–H and O–H groups in total. The van der Waals surface area contributed by atoms with Gasteiger partial charge in [-0.25, -0.2) is 0 Å². The van der Waals surface area contributed by atoms with Crippen molar-refractivity contribution in [2.24, 2.45) is 0 Å². The van der Waals surface area contributed by atoms with Crippen molar-refractivity contribution >= 4 is 65.4 Å². The Hall–Kier alpha value is -8.39. The van der Waals surface area contributed by atoms with Crippen LogP contribution in [0.3, 0.4) is 0 Å². The van der Waals surface area contributed by atoms with Crippen LogP contribution in [0.1, 0.15) is 26.3 Å². The number of rotatable bonds is 5. The molecule has 9 aromatic carbocycles. The molecule has 12 aromatic rings. The number of nitriles is 1. The summed E-state index contributed by atoms with van der Waals surface area (Å²) in [6.07, 6.45) is 1.75. The average Bonchev–Trinajstić information content (AvgIpc) is 4.00. The molecule has 0 fully saturated rings. The SMILES string of the molecule is C=CC.CC.N#Cc1ccc(-c2cc(-n3c4ccccc4c4ccccc43)cc(-n3c4ccccc4c4cc(-c5ccc6c(c5)c5ccccc5n6-c5ccccc5)ccc43)c2)cc1. The van der Waals surface area contributed by atoms with Gasteiger partial charge in [0.25, 0.3) is 0 Å². The second-order valence-corrected chi connectivity index (χ2v) is 15.7. The molecule has 0 saturated heterocycles. The first kappa shape index (κ1) is 39.7. The number of fused-ring (bicyclic) bond motifs is 9. The van der Waals surface area contributed by atoms with E-state index in [4.69, 9.17) is 0 Å². The number of allylic oxidation sites excluding steroid dienone is 1. The lowest BCUT2D eigenvalue weighted by atomic mass is 10.0. The fourth-order valence-electron chi connectivity index (χ4n) is 9.40. The maximum Gasteiger partial charge on any atom is 0.0991 e. The fourth-order valence-corrected chi connectivity index (χ4v) is 9.40. The molecule has 0 radical (unpaired) electrons. The van der Waals surface area contributed by atoms with Gasteiger partial charge in [0.1, 0.15) is 0 Å². The van der Waals surface area contributed by atoms with E-state index in [1.54, 1.807) is 6.08 Å². The first-order valence-electron chi connectivity index (χ1n) is 22.0. The summed E-state index contributed by atoms with van der Waals surface area (Å²) in [5, 5.41) is 16.9. The molecule has 12 rings (SSSR count). The summed E-state index contributed by atoms with van der Waals surface area (Å²) in [6.45, 7) is 9.25. The van der Waals surface area contributed by atoms with Crippen LogP contribution in [0.5, 0.6) is 0 Å². The van der Waals surface area contributed by atoms with E-state index in [1.807, 2.05) is 32.9 Å². The zero-order valence-electron chi connectivity index (χ0n) is 36.2. The summed E-state index contributed by atoms with van der Waals surface area (Å²) in [5.74, 6) is 0. The first-order valence-corrected chi connectivity index (χ1v) is 22.0. The summed E-state index contributed by atoms with van der Waals surface area (Å²) in [4.78, 5) is 0. The minimum absolute atomic E-state index is 0.645. The predicted octanol–water partition coefficient (Wildman–Crippen LogP) is 16.4. The molecule has 3 aromatic heterocycles. The van der Waals surface area contributed by atoms with E-state index in [-0.39, 0.29) is 0 Å². The van der Waals surface area contributed by atoms with Gasteiger partial charge in [-0.1, -0.05) is 135 Å². The van der Waals surface area contributed by atoms with Gasteiger partial charge in [-0.05, 0) is 120 Å². The summed E-state index contributed by atoms with van der Waals surface area (Å²) in [6, 6.07) is 76.3. The fraction of sp³-hybridized carbons (Fsp3) is 0.0500. The maximum absolute atomic E-state index is 9.61. The lowest BCUT2D eigenvalue weighted by Crippen LogP contribution is -2.00. The minimum atomic E-state index is 0.645. The van der Waals surface area contributed by atoms with Gasteiger partial charge >= 0.3 is 0 Å². The van der Waals surface area contributed by atoms with Crippen LogP contribution >= 0.6 is 0 Å². The Labute approximate surface area is 373 Å². The Balaban J connectivity index is 0.000000932. The third kappa shape index (κ3) is 6.63. The molecule has 0 saturated carbocycles. The van der Waals surface area contributed by atoms with Crippen molar-refractivity contribution in [2.45, 2.75) is 20.8 Å². The van der Waals surface area contributed by atoms with Gasteiger partial charge in [0, 0.05) is 49.4 Å². The lowest BCUT2D eigenvalue weighted by molar-refractivity contribution is 1.13. The number of aromatic nitrogens is 3. The van der Waals surface area contributed by atoms with Crippen molar-refractivity contribution in [1.29, 1.82) is 5.26 Å². The van der Waals surface area contributed by atoms with Crippen molar-refractivity contribution in [3.63, 3.8) is 0 Å². The van der Waals surface area contributed by atoms with E-state index in [0.29, 0.717) is 5.56 Å². The van der Waals surface area contributed by atoms with Gasteiger partial charge < -0.3 is 13.7 Å². The van der Waals surface area contributed by atoms with Gasteiger partial charge in [-0.15, -0.1) is 6.58 Å². The van der Waals surface area contributed by atoms with Crippen LogP contribution in [-0.2, 0) is 0 Å². The molecule has 0 atom stereocenters. The van der Waals surface area contributed by atoms with Crippen LogP contribution in [0.4, 0.5) is 0 Å². The number of hydrogen-bond donors (Lipinski definition) is 0. The zero-order valence-corrected chi connectivity index (χ0v) is 36.2. The normalized spacial score (nSPS) is 11.1. The Bertz CT molecular complexity index is 3670. The van der Waals surface area contributed by atoms with Gasteiger partial charge in [-0.2, -0.15) is 5.26 Å². The van der Waals surface area contributed by atoms with E-state index in [0.717, 1.165) is 50.3 Å². The monoisotopic (exact) mass is 822 g/mol. The highest BCUT2D eigenvalue weighted by molar-refractivity contribution is 6.13. The van der Waals surface area contributed by atoms with Crippen LogP contribution in [0, 0.1) is 11.3 Å². The largest absolute Gasteiger partial charge is 0.309 e. The van der Waals surface area contributed by atoms with Crippen LogP contribution < -0.4 is 0 Å². The molecule has 0 spiro atoms. The van der Waals surface area contributed by atoms with E-state index >= 15 is 0 Å². The highest BCUT2D eigenvalue weighted by Gasteiger charge is 2.19. The summed E-state index contributed by atoms with van der Waals surface area (Å²) in [7, 11) is 0. The van der Waals surface area contributed by atoms with E-state index in [1.165, 1.54) is 54.5 Å². The highest BCUT2D eigenvalue weighted by atomic mass is 15.0. The van der Waals surface area contributed by atoms with Gasteiger partial charge in [0.15, 0.2) is 0 Å². The second-order valence-electron chi connectivity index (χ2n) is 15.7. The molecule has 0 unspecified atom stereocenters. The summed E-state index contributed by atoms with van der Waals surface area (Å²) >= 11 is 0. The minimum Gasteiger partial charge on any atom is -0.309 e. The predicted molar refractivity (Wildman–Crippen MR) is 272 cm³/mol. The van der Waals surface area contributed by atoms with Crippen molar-refractivity contribution in [3.8, 4) is 45.4 Å². The standard InChI is InChI=1S/C55H34N4.C3H6.C2H6/c56-35-36-22-24-37(25-23-36)40-30-42(58-50-18-8-4-14-44(50)45-15-5-9-19-51(45)58)34-43(31-40)59-53-21-11-7-17-47(53)49-33-39(27-29-55(49)59)38-26-28-54-48(32-38)46-16-6-10-20-52(46)57(54)41-12-2-1-3-13-41;1-3-2;1-2/h1-34H;3H,1H2,2H3;1-2H3. The molecular weight excluding hydrogens is 777 g/mol. The summed E-state index contributed by atoms with van der Waals surface area (Å²) in [5.41, 5.74) is 15.4. The number of benzene rings is 9. The van der Waals surface area contributed by atoms with Gasteiger partial charge in [0.05, 0.1) is 44.7 Å². The Morgan fingerprint density at radius 2 is 0.703 bits per heavy atom. The molecule has 0 aliphatic carbocycles. The molecular formula is C60H46N4. The van der Waals surface area contributed by atoms with Crippen molar-refractivity contribution in [1.82, 2.24) is 13.7 Å². The number of nitrogens with zero attached hydrogens (tertiary/aromatic N) is 4. The molecule has 64 heavy (non-hydrogen) atoms. The average molecular weight is 823 g/mol. The van der Waals surface area contributed by atoms with Gasteiger partial charge in [0.2, 0.25) is 0 Å². The van der Waals surface area contributed by atoms with Crippen molar-refractivity contribution in [2.75, 3.05) is 0 Å². The quantitative estimate of drug-likeness (QED) is 0.159. The van der Waals surface area contributed by atoms with E-state index < -0.39 is 0 Å². The Morgan fingerprint density at radius 1 is 0.359 bits per heavy atom. The third-order valence-electron chi connectivity index (χ3n) is 12.0. The van der Waals surface area contributed by atoms with E-state index in [2.05, 4.69) is 220 Å². The first-order chi connectivity index (χ1) is 31.6. The lowest BCUT2D eigenvalue weighted by Gasteiger charge is -2.16. The number of para-hydroxylation sites is 5. The molecule has 0 bridgehead atoms. The van der Waals surface area contributed by atoms with Crippen molar-refractivity contribution in [3.05, 3.63) is 224 Å². The topological polar surface area (TPSA) is 38.6 Å². The van der Waals surface area contributed by atoms with E-state index in [9.17, 15) is 5.26 Å². The Morgan fingerprint density at radius 3 is 1.12 bits per heavy atom. The molecule has 0 amide bonds. The smallest absolute Gasteiger partial charge is 0.0991 e. The molecule has 4 nitrogen and oxygen atoms in total. The molecule has 3 heterocycles. The van der Waals surface area contributed by atoms with Crippen LogP contribution in [0.25, 0.3) is 105 Å². The molecule has 306 valence electrons. The van der Waals surface area contributed by atoms with Crippen molar-refractivity contribution < 1.29 is 0 Å². The second kappa shape index (κ2) is 16.8. The van der Waals surface area contributed by atoms with Crippen LogP contribution in [0.2, 0.25) is 0 Å². The van der Waals surface area contributed by atoms with Crippen LogP contribution in [-0.4, -0.2) is 13.7 Å². The highest BCUT2D eigenvalue weighted by Crippen LogP contribution is 2.40. The molecule has 4 heteroatoms. The third-order valence-corrected chi connectivity index (χ3v) is 12.0. The Kier molecular flexibility index (Phi) is 10.4.